The quantitative estimate of drug-likeness (QED) is 0.870. The predicted molar refractivity (Wildman–Crippen MR) is 66.8 cm³/mol. The van der Waals surface area contributed by atoms with Gasteiger partial charge in [-0.1, -0.05) is 18.2 Å². The van der Waals surface area contributed by atoms with Crippen LogP contribution in [-0.2, 0) is 0 Å². The fourth-order valence-electron chi connectivity index (χ4n) is 2.03. The first-order valence-electron chi connectivity index (χ1n) is 5.70. The highest BCUT2D eigenvalue weighted by Crippen LogP contribution is 2.40. The van der Waals surface area contributed by atoms with Crippen LogP contribution in [0.1, 0.15) is 22.1 Å². The van der Waals surface area contributed by atoms with Crippen molar-refractivity contribution in [2.75, 3.05) is 5.32 Å². The maximum atomic E-state index is 12.9. The summed E-state index contributed by atoms with van der Waals surface area (Å²) in [5, 5.41) is 12.1. The van der Waals surface area contributed by atoms with Gasteiger partial charge in [0, 0.05) is 5.56 Å². The summed E-state index contributed by atoms with van der Waals surface area (Å²) < 4.78 is 18.5. The summed E-state index contributed by atoms with van der Waals surface area (Å²) in [6, 6.07) is 10.7. The molecule has 19 heavy (non-hydrogen) atoms. The fourth-order valence-corrected chi connectivity index (χ4v) is 2.03. The molecule has 0 aliphatic carbocycles. The van der Waals surface area contributed by atoms with Gasteiger partial charge in [-0.15, -0.1) is 0 Å². The molecule has 0 saturated heterocycles. The van der Waals surface area contributed by atoms with Gasteiger partial charge in [0.25, 0.3) is 0 Å². The summed E-state index contributed by atoms with van der Waals surface area (Å²) in [6.07, 6.45) is -0.504. The van der Waals surface area contributed by atoms with E-state index in [-0.39, 0.29) is 11.4 Å². The Morgan fingerprint density at radius 3 is 2.63 bits per heavy atom. The van der Waals surface area contributed by atoms with E-state index in [1.807, 2.05) is 0 Å². The summed E-state index contributed by atoms with van der Waals surface area (Å²) in [5.41, 5.74) is 1.33. The smallest absolute Gasteiger partial charge is 0.337 e. The van der Waals surface area contributed by atoms with Crippen LogP contribution in [0.4, 0.5) is 10.1 Å². The monoisotopic (exact) mass is 259 g/mol. The standard InChI is InChI=1S/C14H10FNO3/c15-9-6-4-8(5-7-9)13-16-12-10(14(17)18)2-1-3-11(12)19-13/h1-7,13,16H,(H,17,18). The van der Waals surface area contributed by atoms with Crippen molar-refractivity contribution in [3.05, 3.63) is 59.4 Å². The number of anilines is 1. The van der Waals surface area contributed by atoms with Crippen molar-refractivity contribution in [1.29, 1.82) is 0 Å². The summed E-state index contributed by atoms with van der Waals surface area (Å²) in [5.74, 6) is -0.868. The lowest BCUT2D eigenvalue weighted by molar-refractivity contribution is 0.0698. The number of carboxylic acids is 1. The molecule has 0 spiro atoms. The minimum absolute atomic E-state index is 0.155. The summed E-state index contributed by atoms with van der Waals surface area (Å²) >= 11 is 0. The SMILES string of the molecule is O=C(O)c1cccc2c1NC(c1ccc(F)cc1)O2. The Kier molecular flexibility index (Phi) is 2.59. The number of ether oxygens (including phenoxy) is 1. The highest BCUT2D eigenvalue weighted by atomic mass is 19.1. The van der Waals surface area contributed by atoms with Crippen LogP contribution in [0.5, 0.6) is 5.75 Å². The number of benzene rings is 2. The molecule has 2 N–H and O–H groups in total. The lowest BCUT2D eigenvalue weighted by Gasteiger charge is -2.11. The van der Waals surface area contributed by atoms with Gasteiger partial charge in [-0.3, -0.25) is 0 Å². The van der Waals surface area contributed by atoms with E-state index >= 15 is 0 Å². The Hall–Kier alpha value is -2.56. The van der Waals surface area contributed by atoms with E-state index in [2.05, 4.69) is 5.32 Å². The molecule has 2 aromatic carbocycles. The number of hydrogen-bond donors (Lipinski definition) is 2. The van der Waals surface area contributed by atoms with Crippen molar-refractivity contribution in [2.45, 2.75) is 6.23 Å². The zero-order valence-electron chi connectivity index (χ0n) is 9.76. The maximum Gasteiger partial charge on any atom is 0.337 e. The molecule has 5 heteroatoms. The third-order valence-corrected chi connectivity index (χ3v) is 2.95. The van der Waals surface area contributed by atoms with Crippen LogP contribution in [0.3, 0.4) is 0 Å². The van der Waals surface area contributed by atoms with E-state index in [4.69, 9.17) is 9.84 Å². The number of carbonyl (C=O) groups is 1. The molecule has 1 atom stereocenters. The molecule has 0 aromatic heterocycles. The van der Waals surface area contributed by atoms with Crippen LogP contribution in [0.25, 0.3) is 0 Å². The number of rotatable bonds is 2. The zero-order chi connectivity index (χ0) is 13.4. The van der Waals surface area contributed by atoms with Gasteiger partial charge in [-0.05, 0) is 24.3 Å². The second-order valence-electron chi connectivity index (χ2n) is 4.18. The lowest BCUT2D eigenvalue weighted by atomic mass is 10.1. The summed E-state index contributed by atoms with van der Waals surface area (Å²) in [6.45, 7) is 0. The summed E-state index contributed by atoms with van der Waals surface area (Å²) in [4.78, 5) is 11.1. The molecule has 0 saturated carbocycles. The van der Waals surface area contributed by atoms with Gasteiger partial charge in [0.2, 0.25) is 0 Å². The van der Waals surface area contributed by atoms with Crippen molar-refractivity contribution < 1.29 is 19.0 Å². The summed E-state index contributed by atoms with van der Waals surface area (Å²) in [7, 11) is 0. The van der Waals surface area contributed by atoms with Crippen molar-refractivity contribution in [3.63, 3.8) is 0 Å². The van der Waals surface area contributed by atoms with Gasteiger partial charge in [0.05, 0.1) is 11.3 Å². The average molecular weight is 259 g/mol. The second kappa shape index (κ2) is 4.28. The van der Waals surface area contributed by atoms with Gasteiger partial charge < -0.3 is 15.2 Å². The van der Waals surface area contributed by atoms with E-state index in [0.29, 0.717) is 11.4 Å². The number of para-hydroxylation sites is 1. The highest BCUT2D eigenvalue weighted by molar-refractivity contribution is 5.96. The molecule has 0 bridgehead atoms. The molecule has 1 aliphatic rings. The van der Waals surface area contributed by atoms with Gasteiger partial charge in [-0.2, -0.15) is 0 Å². The Morgan fingerprint density at radius 1 is 1.21 bits per heavy atom. The Balaban J connectivity index is 1.94. The van der Waals surface area contributed by atoms with Crippen LogP contribution in [0.15, 0.2) is 42.5 Å². The van der Waals surface area contributed by atoms with E-state index in [1.54, 1.807) is 24.3 Å². The third-order valence-electron chi connectivity index (χ3n) is 2.95. The van der Waals surface area contributed by atoms with E-state index in [9.17, 15) is 9.18 Å². The first kappa shape index (κ1) is 11.5. The predicted octanol–water partition coefficient (Wildman–Crippen LogP) is 3.03. The molecule has 0 fully saturated rings. The molecule has 4 nitrogen and oxygen atoms in total. The molecule has 0 amide bonds. The van der Waals surface area contributed by atoms with Crippen LogP contribution in [0.2, 0.25) is 0 Å². The van der Waals surface area contributed by atoms with Crippen molar-refractivity contribution >= 4 is 11.7 Å². The number of hydrogen-bond acceptors (Lipinski definition) is 3. The fraction of sp³-hybridized carbons (Fsp3) is 0.0714. The third kappa shape index (κ3) is 1.99. The van der Waals surface area contributed by atoms with Gasteiger partial charge in [-0.25, -0.2) is 9.18 Å². The molecule has 0 radical (unpaired) electrons. The minimum Gasteiger partial charge on any atom is -0.478 e. The number of fused-ring (bicyclic) bond motifs is 1. The Morgan fingerprint density at radius 2 is 1.95 bits per heavy atom. The molecule has 3 rings (SSSR count). The lowest BCUT2D eigenvalue weighted by Crippen LogP contribution is -2.11. The number of carboxylic acid groups (broad SMARTS) is 1. The minimum atomic E-state index is -1.02. The first-order chi connectivity index (χ1) is 9.15. The number of halogens is 1. The van der Waals surface area contributed by atoms with Gasteiger partial charge in [0.1, 0.15) is 11.6 Å². The molecule has 1 aliphatic heterocycles. The molecule has 1 heterocycles. The topological polar surface area (TPSA) is 58.6 Å². The largest absolute Gasteiger partial charge is 0.478 e. The van der Waals surface area contributed by atoms with Crippen molar-refractivity contribution in [2.24, 2.45) is 0 Å². The Labute approximate surface area is 108 Å². The van der Waals surface area contributed by atoms with Crippen LogP contribution in [0, 0.1) is 5.82 Å². The molecule has 96 valence electrons. The number of nitrogens with one attached hydrogen (secondary N) is 1. The van der Waals surface area contributed by atoms with Crippen LogP contribution < -0.4 is 10.1 Å². The first-order valence-corrected chi connectivity index (χ1v) is 5.70. The van der Waals surface area contributed by atoms with E-state index in [1.165, 1.54) is 18.2 Å². The maximum absolute atomic E-state index is 12.9. The van der Waals surface area contributed by atoms with Crippen molar-refractivity contribution in [3.8, 4) is 5.75 Å². The van der Waals surface area contributed by atoms with Crippen LogP contribution >= 0.6 is 0 Å². The zero-order valence-corrected chi connectivity index (χ0v) is 9.76. The average Bonchev–Trinajstić information content (AvgIpc) is 2.82. The molecular formula is C14H10FNO3. The molecular weight excluding hydrogens is 249 g/mol. The second-order valence-corrected chi connectivity index (χ2v) is 4.18. The normalized spacial score (nSPS) is 16.4. The Bertz CT molecular complexity index is 640. The van der Waals surface area contributed by atoms with Gasteiger partial charge in [0.15, 0.2) is 6.23 Å². The van der Waals surface area contributed by atoms with Crippen molar-refractivity contribution in [1.82, 2.24) is 0 Å². The molecule has 2 aromatic rings. The van der Waals surface area contributed by atoms with E-state index in [0.717, 1.165) is 5.56 Å². The highest BCUT2D eigenvalue weighted by Gasteiger charge is 2.27. The van der Waals surface area contributed by atoms with Gasteiger partial charge >= 0.3 is 5.97 Å². The molecule has 1 unspecified atom stereocenters. The number of aromatic carboxylic acids is 1. The van der Waals surface area contributed by atoms with E-state index < -0.39 is 12.2 Å². The van der Waals surface area contributed by atoms with Crippen LogP contribution in [-0.4, -0.2) is 11.1 Å².